The van der Waals surface area contributed by atoms with Gasteiger partial charge in [-0.25, -0.2) is 4.98 Å². The molecule has 0 aliphatic carbocycles. The van der Waals surface area contributed by atoms with Gasteiger partial charge in [0.2, 0.25) is 70.9 Å². The van der Waals surface area contributed by atoms with E-state index < -0.39 is 199 Å². The van der Waals surface area contributed by atoms with Gasteiger partial charge in [-0.2, -0.15) is 0 Å². The standard InChI is InChI=1S/C66H103N17O17S/c1-8-35(6)52(69)66-81-48(32-101-66)63(98)76-43(25-34(4)5)59(94)74-42(21-22-50(86)87)58(93)82-53(36(7)9-2)64(99)75-40-19-14-15-24-71-55(90)46(28-49(68)85)78-62(97)47(29-51(88)89)79-61(96)45(27-39-30-70-33-72-39)77-60(95)44(26-37-17-12-11-13-18-37)80-65(100)54(38(10-3)31-84)83-57(92)41(20-16-23-67)73-56(40)91/h11-13,17-18,30,33-36,38,40-48,52-54,84H,8-10,14-16,19-29,31-32,67,69H2,1-7H3,(H2,68,85)(H,70,72)(H,71,90)(H,73,91)(H,74,94)(H,75,99)(H,76,98)(H,77,95)(H,78,97)(H,79,96)(H,80,100)(H,82,93)(H,83,92)(H,86,87)(H,88,89)/t35-,36-,38+,40-,41+,42+,43-,44+,45-,46-,47+,48-,52-,53-,54-/m0/s1. The highest BCUT2D eigenvalue weighted by Gasteiger charge is 2.40. The number of aliphatic hydroxyl groups is 1. The molecule has 0 spiro atoms. The number of primary amides is 1. The van der Waals surface area contributed by atoms with Crippen LogP contribution in [0.4, 0.5) is 0 Å². The zero-order valence-electron chi connectivity index (χ0n) is 58.3. The van der Waals surface area contributed by atoms with Crippen molar-refractivity contribution in [1.82, 2.24) is 68.5 Å². The molecule has 2 aromatic rings. The van der Waals surface area contributed by atoms with Gasteiger partial charge in [0.25, 0.3) is 0 Å². The lowest BCUT2D eigenvalue weighted by Gasteiger charge is -2.31. The molecule has 0 unspecified atom stereocenters. The van der Waals surface area contributed by atoms with Gasteiger partial charge in [0.05, 0.1) is 30.3 Å². The molecular weight excluding hydrogens is 1330 g/mol. The van der Waals surface area contributed by atoms with Crippen LogP contribution in [0, 0.1) is 23.7 Å². The molecule has 0 saturated carbocycles. The van der Waals surface area contributed by atoms with Crippen LogP contribution in [-0.4, -0.2) is 211 Å². The maximum Gasteiger partial charge on any atom is 0.305 e. The molecule has 1 fully saturated rings. The van der Waals surface area contributed by atoms with E-state index in [1.807, 2.05) is 13.8 Å². The molecule has 101 heavy (non-hydrogen) atoms. The first kappa shape index (κ1) is 84.3. The second-order valence-corrected chi connectivity index (χ2v) is 27.0. The van der Waals surface area contributed by atoms with Crippen molar-refractivity contribution >= 4 is 99.6 Å². The number of imidazole rings is 1. The number of carboxylic acids is 2. The second-order valence-electron chi connectivity index (χ2n) is 25.9. The molecule has 34 nitrogen and oxygen atoms in total. The number of rotatable bonds is 32. The maximum absolute atomic E-state index is 14.9. The number of thioether (sulfide) groups is 1. The predicted molar refractivity (Wildman–Crippen MR) is 371 cm³/mol. The number of H-pyrrole nitrogens is 1. The summed E-state index contributed by atoms with van der Waals surface area (Å²) in [5, 5.41) is 59.4. The number of aliphatic hydroxyl groups excluding tert-OH is 1. The summed E-state index contributed by atoms with van der Waals surface area (Å²) in [7, 11) is 0. The number of aliphatic imine (C=N–C) groups is 1. The number of carbonyl (C=O) groups is 14. The van der Waals surface area contributed by atoms with Gasteiger partial charge in [0.1, 0.15) is 66.5 Å². The molecule has 35 heteroatoms. The Morgan fingerprint density at radius 2 is 1.28 bits per heavy atom. The Kier molecular flexibility index (Phi) is 35.8. The van der Waals surface area contributed by atoms with Crippen LogP contribution in [0.15, 0.2) is 47.8 Å². The van der Waals surface area contributed by atoms with Gasteiger partial charge in [0, 0.05) is 56.0 Å². The number of aromatic nitrogens is 2. The van der Waals surface area contributed by atoms with Gasteiger partial charge in [-0.1, -0.05) is 91.6 Å². The number of nitrogens with zero attached hydrogens (tertiary/aromatic N) is 2. The van der Waals surface area contributed by atoms with Crippen LogP contribution in [0.5, 0.6) is 0 Å². The van der Waals surface area contributed by atoms with E-state index in [4.69, 9.17) is 17.2 Å². The van der Waals surface area contributed by atoms with E-state index in [2.05, 4.69) is 73.4 Å². The van der Waals surface area contributed by atoms with Crippen molar-refractivity contribution in [2.75, 3.05) is 25.4 Å². The molecule has 4 rings (SSSR count). The van der Waals surface area contributed by atoms with Gasteiger partial charge in [-0.3, -0.25) is 72.1 Å². The van der Waals surface area contributed by atoms with E-state index in [0.29, 0.717) is 10.6 Å². The molecule has 1 aromatic heterocycles. The number of carbonyl (C=O) groups excluding carboxylic acids is 12. The summed E-state index contributed by atoms with van der Waals surface area (Å²) in [5.41, 5.74) is 18.6. The maximum atomic E-state index is 14.9. The highest BCUT2D eigenvalue weighted by atomic mass is 32.2. The number of hydrogen-bond acceptors (Lipinski definition) is 20. The zero-order chi connectivity index (χ0) is 75.0. The number of benzene rings is 1. The quantitative estimate of drug-likeness (QED) is 0.0354. The zero-order valence-corrected chi connectivity index (χ0v) is 59.1. The lowest BCUT2D eigenvalue weighted by Crippen LogP contribution is -2.62. The summed E-state index contributed by atoms with van der Waals surface area (Å²) in [6.07, 6.45) is -0.270. The van der Waals surface area contributed by atoms with Gasteiger partial charge >= 0.3 is 11.9 Å². The average Bonchev–Trinajstić information content (AvgIpc) is 1.28. The molecular formula is C66H103N17O17S. The molecule has 0 radical (unpaired) electrons. The molecule has 12 amide bonds. The van der Waals surface area contributed by atoms with E-state index in [0.717, 1.165) is 6.42 Å². The summed E-state index contributed by atoms with van der Waals surface area (Å²) in [5.74, 6) is -16.4. The van der Waals surface area contributed by atoms with Crippen molar-refractivity contribution in [1.29, 1.82) is 0 Å². The van der Waals surface area contributed by atoms with Crippen LogP contribution in [-0.2, 0) is 80.0 Å². The Morgan fingerprint density at radius 1 is 0.673 bits per heavy atom. The SMILES string of the molecule is CC[C@H](CO)[C@@H]1NC(=O)[C@@H](CCCN)NC(=O)[C@@H](NC(=O)[C@@H](NC(=O)[C@@H](CCC(=O)O)NC(=O)[C@H](CC(C)C)NC(=O)[C@@H]2CSC([C@@H](N)[C@@H](C)CC)=N2)[C@@H](C)CC)CCCCNC(=O)[C@H](CC(N)=O)NC(=O)[C@@H](CC(=O)O)NC(=O)[C@H](Cc2cnc[nH]2)NC(=O)[C@@H](Cc2ccccc2)NC1=O. The number of amides is 12. The van der Waals surface area contributed by atoms with E-state index in [1.54, 1.807) is 65.0 Å². The number of nitrogens with one attached hydrogen (secondary N) is 12. The Labute approximate surface area is 590 Å². The first-order chi connectivity index (χ1) is 47.9. The third-order valence-corrected chi connectivity index (χ3v) is 18.7. The van der Waals surface area contributed by atoms with Crippen molar-refractivity contribution in [2.45, 2.75) is 217 Å². The summed E-state index contributed by atoms with van der Waals surface area (Å²) >= 11 is 1.34. The molecule has 21 N–H and O–H groups in total. The number of aromatic amines is 1. The number of hydrogen-bond donors (Lipinski definition) is 18. The van der Waals surface area contributed by atoms with Gasteiger partial charge in [-0.15, -0.1) is 11.8 Å². The van der Waals surface area contributed by atoms with E-state index in [-0.39, 0.29) is 101 Å². The summed E-state index contributed by atoms with van der Waals surface area (Å²) < 4.78 is 0. The van der Waals surface area contributed by atoms with E-state index in [1.165, 1.54) is 24.3 Å². The fourth-order valence-corrected chi connectivity index (χ4v) is 12.2. The lowest BCUT2D eigenvalue weighted by molar-refractivity contribution is -0.142. The monoisotopic (exact) mass is 1440 g/mol. The molecule has 2 aliphatic heterocycles. The minimum absolute atomic E-state index is 0.00249. The molecule has 0 bridgehead atoms. The summed E-state index contributed by atoms with van der Waals surface area (Å²) in [4.78, 5) is 207. The topological polar surface area (TPSA) is 551 Å². The fraction of sp³-hybridized carbons (Fsp3) is 0.636. The third kappa shape index (κ3) is 28.1. The van der Waals surface area contributed by atoms with Crippen LogP contribution in [0.2, 0.25) is 0 Å². The van der Waals surface area contributed by atoms with Crippen molar-refractivity contribution < 1.29 is 82.4 Å². The van der Waals surface area contributed by atoms with Crippen molar-refractivity contribution in [3.63, 3.8) is 0 Å². The third-order valence-electron chi connectivity index (χ3n) is 17.5. The molecule has 15 atom stereocenters. The molecule has 2 aliphatic rings. The first-order valence-electron chi connectivity index (χ1n) is 34.2. The van der Waals surface area contributed by atoms with Crippen LogP contribution < -0.4 is 75.7 Å². The Balaban J connectivity index is 1.79. The lowest BCUT2D eigenvalue weighted by atomic mass is 9.95. The average molecular weight is 1440 g/mol. The summed E-state index contributed by atoms with van der Waals surface area (Å²) in [6, 6.07) is -9.08. The molecule has 3 heterocycles. The largest absolute Gasteiger partial charge is 0.481 e. The normalized spacial score (nSPS) is 23.0. The number of aliphatic carboxylic acids is 2. The minimum atomic E-state index is -1.97. The molecule has 1 aromatic carbocycles. The van der Waals surface area contributed by atoms with Crippen molar-refractivity contribution in [3.8, 4) is 0 Å². The highest BCUT2D eigenvalue weighted by Crippen LogP contribution is 2.25. The number of carboxylic acid groups (broad SMARTS) is 2. The summed E-state index contributed by atoms with van der Waals surface area (Å²) in [6.45, 7) is 11.5. The fourth-order valence-electron chi connectivity index (χ4n) is 11.0. The van der Waals surface area contributed by atoms with Crippen LogP contribution in [0.3, 0.4) is 0 Å². The minimum Gasteiger partial charge on any atom is -0.481 e. The second kappa shape index (κ2) is 42.9. The Morgan fingerprint density at radius 3 is 1.86 bits per heavy atom. The highest BCUT2D eigenvalue weighted by molar-refractivity contribution is 8.14. The van der Waals surface area contributed by atoms with Crippen molar-refractivity contribution in [3.05, 3.63) is 54.1 Å². The molecule has 1 saturated heterocycles. The van der Waals surface area contributed by atoms with Crippen LogP contribution >= 0.6 is 11.8 Å². The molecule has 560 valence electrons. The van der Waals surface area contributed by atoms with Crippen molar-refractivity contribution in [2.24, 2.45) is 45.9 Å². The van der Waals surface area contributed by atoms with Crippen LogP contribution in [0.1, 0.15) is 143 Å². The Bertz CT molecular complexity index is 3180. The van der Waals surface area contributed by atoms with Gasteiger partial charge in [0.15, 0.2) is 0 Å². The van der Waals surface area contributed by atoms with E-state index in [9.17, 15) is 82.4 Å². The smallest absolute Gasteiger partial charge is 0.305 e. The van der Waals surface area contributed by atoms with Crippen LogP contribution in [0.25, 0.3) is 0 Å². The predicted octanol–water partition coefficient (Wildman–Crippen LogP) is -2.71. The van der Waals surface area contributed by atoms with E-state index >= 15 is 0 Å². The Hall–Kier alpha value is -9.09. The van der Waals surface area contributed by atoms with Gasteiger partial charge in [-0.05, 0) is 81.2 Å². The number of nitrogens with two attached hydrogens (primary N) is 3. The van der Waals surface area contributed by atoms with Gasteiger partial charge < -0.3 is 96.0 Å². The first-order valence-corrected chi connectivity index (χ1v) is 35.2.